The van der Waals surface area contributed by atoms with E-state index >= 15 is 0 Å². The fourth-order valence-corrected chi connectivity index (χ4v) is 4.07. The Bertz CT molecular complexity index is 692. The summed E-state index contributed by atoms with van der Waals surface area (Å²) < 4.78 is 11.3. The largest absolute Gasteiger partial charge is 0.458 e. The molecule has 0 aliphatic carbocycles. The molecule has 1 fully saturated rings. The Kier molecular flexibility index (Phi) is 9.75. The summed E-state index contributed by atoms with van der Waals surface area (Å²) in [6.07, 6.45) is 3.61. The Morgan fingerprint density at radius 2 is 1.69 bits per heavy atom. The van der Waals surface area contributed by atoms with Crippen LogP contribution in [0.15, 0.2) is 12.2 Å². The van der Waals surface area contributed by atoms with Gasteiger partial charge in [-0.25, -0.2) is 9.59 Å². The molecule has 1 aliphatic rings. The third kappa shape index (κ3) is 8.11. The molecule has 0 unspecified atom stereocenters. The van der Waals surface area contributed by atoms with Crippen LogP contribution in [0.5, 0.6) is 0 Å². The normalized spacial score (nSPS) is 23.7. The van der Waals surface area contributed by atoms with Crippen molar-refractivity contribution in [1.29, 1.82) is 0 Å². The Morgan fingerprint density at radius 1 is 1.12 bits per heavy atom. The van der Waals surface area contributed by atoms with Gasteiger partial charge in [-0.2, -0.15) is 0 Å². The summed E-state index contributed by atoms with van der Waals surface area (Å²) in [6.45, 7) is 15.7. The number of likely N-dealkylation sites (tertiary alicyclic amines) is 1. The van der Waals surface area contributed by atoms with Crippen LogP contribution in [-0.2, 0) is 19.1 Å². The van der Waals surface area contributed by atoms with E-state index in [0.29, 0.717) is 19.3 Å². The molecule has 0 saturated carbocycles. The minimum Gasteiger partial charge on any atom is -0.458 e. The molecule has 0 radical (unpaired) electrons. The maximum absolute atomic E-state index is 13.3. The molecule has 8 nitrogen and oxygen atoms in total. The van der Waals surface area contributed by atoms with E-state index in [4.69, 9.17) is 9.47 Å². The fraction of sp³-hybridized carbons (Fsp3) is 0.792. The average Bonchev–Trinajstić information content (AvgIpc) is 2.96. The number of aliphatic hydroxyl groups excluding tert-OH is 1. The third-order valence-electron chi connectivity index (χ3n) is 5.05. The van der Waals surface area contributed by atoms with Crippen molar-refractivity contribution in [2.24, 2.45) is 5.92 Å². The van der Waals surface area contributed by atoms with Gasteiger partial charge in [-0.3, -0.25) is 9.69 Å². The molecule has 5 atom stereocenters. The monoisotopic (exact) mass is 454 g/mol. The van der Waals surface area contributed by atoms with Gasteiger partial charge in [0.1, 0.15) is 17.2 Å². The molecule has 32 heavy (non-hydrogen) atoms. The first-order valence-electron chi connectivity index (χ1n) is 11.4. The van der Waals surface area contributed by atoms with Gasteiger partial charge in [0.25, 0.3) is 0 Å². The first-order chi connectivity index (χ1) is 14.6. The number of hydrogen-bond acceptors (Lipinski definition) is 6. The number of esters is 1. The lowest BCUT2D eigenvalue weighted by atomic mass is 9.88. The molecular formula is C24H42N2O6. The highest BCUT2D eigenvalue weighted by atomic mass is 16.6. The quantitative estimate of drug-likeness (QED) is 0.450. The highest BCUT2D eigenvalue weighted by Crippen LogP contribution is 2.37. The molecule has 0 spiro atoms. The van der Waals surface area contributed by atoms with Crippen molar-refractivity contribution < 1.29 is 29.0 Å². The van der Waals surface area contributed by atoms with Crippen molar-refractivity contribution in [2.75, 3.05) is 0 Å². The van der Waals surface area contributed by atoms with Crippen molar-refractivity contribution in [3.8, 4) is 0 Å². The first-order valence-corrected chi connectivity index (χ1v) is 11.4. The van der Waals surface area contributed by atoms with Crippen LogP contribution in [0.25, 0.3) is 0 Å². The second kappa shape index (κ2) is 11.2. The molecule has 2 N–H and O–H groups in total. The Balaban J connectivity index is 3.55. The molecule has 0 aromatic heterocycles. The van der Waals surface area contributed by atoms with Gasteiger partial charge < -0.3 is 19.9 Å². The van der Waals surface area contributed by atoms with E-state index in [9.17, 15) is 19.5 Å². The number of nitrogens with zero attached hydrogens (tertiary/aromatic N) is 1. The number of aliphatic hydroxyl groups is 1. The molecule has 0 bridgehead atoms. The molecule has 0 aromatic carbocycles. The Morgan fingerprint density at radius 3 is 2.12 bits per heavy atom. The highest BCUT2D eigenvalue weighted by molar-refractivity contribution is 5.83. The molecular weight excluding hydrogens is 412 g/mol. The zero-order chi connectivity index (χ0) is 24.9. The second-order valence-corrected chi connectivity index (χ2v) is 10.4. The first kappa shape index (κ1) is 27.9. The topological polar surface area (TPSA) is 105 Å². The number of nitrogens with one attached hydrogen (secondary N) is 1. The van der Waals surface area contributed by atoms with E-state index in [0.717, 1.165) is 0 Å². The van der Waals surface area contributed by atoms with E-state index in [1.807, 2.05) is 26.0 Å². The molecule has 1 heterocycles. The molecule has 1 aliphatic heterocycles. The van der Waals surface area contributed by atoms with Gasteiger partial charge in [0.2, 0.25) is 5.91 Å². The van der Waals surface area contributed by atoms with Crippen molar-refractivity contribution >= 4 is 18.0 Å². The van der Waals surface area contributed by atoms with Gasteiger partial charge in [-0.1, -0.05) is 25.5 Å². The molecule has 1 saturated heterocycles. The van der Waals surface area contributed by atoms with Crippen molar-refractivity contribution in [1.82, 2.24) is 10.2 Å². The Labute approximate surface area is 192 Å². The third-order valence-corrected chi connectivity index (χ3v) is 5.05. The van der Waals surface area contributed by atoms with E-state index in [-0.39, 0.29) is 11.8 Å². The fourth-order valence-electron chi connectivity index (χ4n) is 4.07. The summed E-state index contributed by atoms with van der Waals surface area (Å²) in [7, 11) is 0. The maximum Gasteiger partial charge on any atom is 0.411 e. The summed E-state index contributed by atoms with van der Waals surface area (Å²) in [5.74, 6) is -1.14. The number of hydrogen-bond donors (Lipinski definition) is 2. The minimum absolute atomic E-state index is 0.284. The molecule has 2 amide bonds. The summed E-state index contributed by atoms with van der Waals surface area (Å²) in [5.41, 5.74) is -1.52. The number of allylic oxidation sites excluding steroid dienone is 1. The summed E-state index contributed by atoms with van der Waals surface area (Å²) >= 11 is 0. The van der Waals surface area contributed by atoms with Gasteiger partial charge in [0, 0.05) is 12.8 Å². The van der Waals surface area contributed by atoms with Gasteiger partial charge >= 0.3 is 12.1 Å². The van der Waals surface area contributed by atoms with Crippen LogP contribution in [-0.4, -0.2) is 63.4 Å². The average molecular weight is 455 g/mol. The van der Waals surface area contributed by atoms with Gasteiger partial charge in [0.05, 0.1) is 18.2 Å². The van der Waals surface area contributed by atoms with Crippen LogP contribution in [0, 0.1) is 5.92 Å². The predicted molar refractivity (Wildman–Crippen MR) is 123 cm³/mol. The number of rotatable bonds is 7. The second-order valence-electron chi connectivity index (χ2n) is 10.4. The van der Waals surface area contributed by atoms with E-state index < -0.39 is 47.5 Å². The van der Waals surface area contributed by atoms with E-state index in [1.54, 1.807) is 41.5 Å². The molecule has 1 rings (SSSR count). The van der Waals surface area contributed by atoms with E-state index in [1.165, 1.54) is 11.8 Å². The standard InChI is InChI=1S/C24H42N2O6/c1-10-12-16-14-17(21(29)31-23(4,5)6)26(22(30)32-24(7,8)9)20(16)19(25-15(3)27)18(28)13-11-2/h10,12,16-20,28H,11,13-14H2,1-9H3,(H,25,27)/b12-10-/t16-,17-,18+,19+,20-/m1/s1. The minimum atomic E-state index is -0.902. The summed E-state index contributed by atoms with van der Waals surface area (Å²) in [4.78, 5) is 39.9. The SMILES string of the molecule is C/C=C\[C@@H]1C[C@H](C(=O)OC(C)(C)C)N(C(=O)OC(C)(C)C)[C@H]1[C@@H](NC(C)=O)[C@@H](O)CCC. The van der Waals surface area contributed by atoms with Gasteiger partial charge in [0.15, 0.2) is 0 Å². The van der Waals surface area contributed by atoms with Crippen LogP contribution in [0.3, 0.4) is 0 Å². The van der Waals surface area contributed by atoms with Crippen LogP contribution >= 0.6 is 0 Å². The lowest BCUT2D eigenvalue weighted by molar-refractivity contribution is -0.160. The maximum atomic E-state index is 13.3. The van der Waals surface area contributed by atoms with E-state index in [2.05, 4.69) is 5.32 Å². The number of carbonyl (C=O) groups excluding carboxylic acids is 3. The Hall–Kier alpha value is -2.09. The van der Waals surface area contributed by atoms with Crippen LogP contribution < -0.4 is 5.32 Å². The van der Waals surface area contributed by atoms with Gasteiger partial charge in [-0.15, -0.1) is 0 Å². The van der Waals surface area contributed by atoms with Crippen molar-refractivity contribution in [3.05, 3.63) is 12.2 Å². The number of amides is 2. The zero-order valence-corrected chi connectivity index (χ0v) is 21.1. The van der Waals surface area contributed by atoms with Gasteiger partial charge in [-0.05, 0) is 61.3 Å². The van der Waals surface area contributed by atoms with Crippen LogP contribution in [0.2, 0.25) is 0 Å². The van der Waals surface area contributed by atoms with Crippen LogP contribution in [0.1, 0.15) is 81.6 Å². The van der Waals surface area contributed by atoms with Crippen molar-refractivity contribution in [2.45, 2.75) is 117 Å². The predicted octanol–water partition coefficient (Wildman–Crippen LogP) is 3.56. The zero-order valence-electron chi connectivity index (χ0n) is 21.1. The summed E-state index contributed by atoms with van der Waals surface area (Å²) in [6, 6.07) is -2.35. The van der Waals surface area contributed by atoms with Crippen LogP contribution in [0.4, 0.5) is 4.79 Å². The molecule has 184 valence electrons. The number of ether oxygens (including phenoxy) is 2. The molecule has 0 aromatic rings. The summed E-state index contributed by atoms with van der Waals surface area (Å²) in [5, 5.41) is 13.7. The highest BCUT2D eigenvalue weighted by Gasteiger charge is 2.53. The lowest BCUT2D eigenvalue weighted by Crippen LogP contribution is -2.60. The lowest BCUT2D eigenvalue weighted by Gasteiger charge is -2.39. The van der Waals surface area contributed by atoms with Crippen molar-refractivity contribution in [3.63, 3.8) is 0 Å². The number of carbonyl (C=O) groups is 3. The molecule has 8 heteroatoms. The smallest absolute Gasteiger partial charge is 0.411 e.